The molecule has 0 aliphatic heterocycles. The van der Waals surface area contributed by atoms with Gasteiger partial charge in [0.15, 0.2) is 0 Å². The number of para-hydroxylation sites is 1. The van der Waals surface area contributed by atoms with Crippen molar-refractivity contribution in [3.8, 4) is 0 Å². The van der Waals surface area contributed by atoms with E-state index in [2.05, 4.69) is 34.4 Å². The molecular formula is C17H21FN4O. The lowest BCUT2D eigenvalue weighted by molar-refractivity contribution is 0.0947. The SMILES string of the molecule is Cc1cc(C(=O)NCCC(C)C)nc(Nc2ccccc2F)n1. The molecule has 0 fully saturated rings. The number of nitrogens with one attached hydrogen (secondary N) is 2. The molecule has 0 saturated carbocycles. The van der Waals surface area contributed by atoms with Gasteiger partial charge < -0.3 is 10.6 Å². The molecule has 1 heterocycles. The van der Waals surface area contributed by atoms with Crippen LogP contribution in [0.4, 0.5) is 16.0 Å². The number of anilines is 2. The van der Waals surface area contributed by atoms with E-state index in [1.165, 1.54) is 6.07 Å². The second kappa shape index (κ2) is 7.67. The van der Waals surface area contributed by atoms with E-state index in [4.69, 9.17) is 0 Å². The molecule has 5 nitrogen and oxygen atoms in total. The number of benzene rings is 1. The molecule has 1 aromatic carbocycles. The van der Waals surface area contributed by atoms with Crippen LogP contribution in [-0.2, 0) is 0 Å². The molecule has 2 rings (SSSR count). The summed E-state index contributed by atoms with van der Waals surface area (Å²) in [5.74, 6) is 0.0538. The van der Waals surface area contributed by atoms with Gasteiger partial charge in [0.25, 0.3) is 5.91 Å². The topological polar surface area (TPSA) is 66.9 Å². The molecule has 2 N–H and O–H groups in total. The van der Waals surface area contributed by atoms with E-state index < -0.39 is 5.82 Å². The Bertz CT molecular complexity index is 688. The summed E-state index contributed by atoms with van der Waals surface area (Å²) in [6.45, 7) is 6.55. The van der Waals surface area contributed by atoms with Crippen molar-refractivity contribution in [1.29, 1.82) is 0 Å². The highest BCUT2D eigenvalue weighted by atomic mass is 19.1. The smallest absolute Gasteiger partial charge is 0.270 e. The standard InChI is InChI=1S/C17H21FN4O/c1-11(2)8-9-19-16(23)15-10-12(3)20-17(22-15)21-14-7-5-4-6-13(14)18/h4-7,10-11H,8-9H2,1-3H3,(H,19,23)(H,20,21,22). The molecule has 0 radical (unpaired) electrons. The number of amides is 1. The van der Waals surface area contributed by atoms with E-state index in [0.717, 1.165) is 6.42 Å². The van der Waals surface area contributed by atoms with E-state index in [1.54, 1.807) is 31.2 Å². The van der Waals surface area contributed by atoms with Gasteiger partial charge in [0.05, 0.1) is 5.69 Å². The Morgan fingerprint density at radius 2 is 2.00 bits per heavy atom. The molecule has 0 aliphatic rings. The number of nitrogens with zero attached hydrogens (tertiary/aromatic N) is 2. The van der Waals surface area contributed by atoms with Crippen LogP contribution in [0.25, 0.3) is 0 Å². The van der Waals surface area contributed by atoms with Crippen LogP contribution in [0.5, 0.6) is 0 Å². The normalized spacial score (nSPS) is 10.7. The monoisotopic (exact) mass is 316 g/mol. The number of carbonyl (C=O) groups is 1. The van der Waals surface area contributed by atoms with Gasteiger partial charge in [-0.25, -0.2) is 14.4 Å². The summed E-state index contributed by atoms with van der Waals surface area (Å²) in [6.07, 6.45) is 0.899. The fourth-order valence-corrected chi connectivity index (χ4v) is 1.99. The number of carbonyl (C=O) groups excluding carboxylic acids is 1. The Morgan fingerprint density at radius 3 is 2.70 bits per heavy atom. The first-order chi connectivity index (χ1) is 11.0. The fourth-order valence-electron chi connectivity index (χ4n) is 1.99. The average molecular weight is 316 g/mol. The Hall–Kier alpha value is -2.50. The van der Waals surface area contributed by atoms with Gasteiger partial charge in [-0.2, -0.15) is 0 Å². The molecule has 0 aliphatic carbocycles. The molecule has 0 spiro atoms. The maximum Gasteiger partial charge on any atom is 0.270 e. The van der Waals surface area contributed by atoms with Crippen LogP contribution in [0.3, 0.4) is 0 Å². The lowest BCUT2D eigenvalue weighted by Crippen LogP contribution is -2.26. The molecule has 2 aromatic rings. The Morgan fingerprint density at radius 1 is 1.26 bits per heavy atom. The van der Waals surface area contributed by atoms with Crippen molar-refractivity contribution in [1.82, 2.24) is 15.3 Å². The minimum atomic E-state index is -0.402. The van der Waals surface area contributed by atoms with Crippen molar-refractivity contribution >= 4 is 17.5 Å². The molecule has 122 valence electrons. The lowest BCUT2D eigenvalue weighted by atomic mass is 10.1. The van der Waals surface area contributed by atoms with Gasteiger partial charge in [0, 0.05) is 12.2 Å². The number of hydrogen-bond acceptors (Lipinski definition) is 4. The van der Waals surface area contributed by atoms with Crippen molar-refractivity contribution in [3.05, 3.63) is 47.5 Å². The number of aryl methyl sites for hydroxylation is 1. The second-order valence-electron chi connectivity index (χ2n) is 5.76. The summed E-state index contributed by atoms with van der Waals surface area (Å²) in [7, 11) is 0. The summed E-state index contributed by atoms with van der Waals surface area (Å²) in [6, 6.07) is 7.85. The zero-order valence-electron chi connectivity index (χ0n) is 13.6. The third-order valence-electron chi connectivity index (χ3n) is 3.21. The molecule has 23 heavy (non-hydrogen) atoms. The van der Waals surface area contributed by atoms with Gasteiger partial charge >= 0.3 is 0 Å². The van der Waals surface area contributed by atoms with Crippen LogP contribution in [0.15, 0.2) is 30.3 Å². The first-order valence-corrected chi connectivity index (χ1v) is 7.61. The number of halogens is 1. The molecule has 1 aromatic heterocycles. The number of hydrogen-bond donors (Lipinski definition) is 2. The van der Waals surface area contributed by atoms with Gasteiger partial charge in [-0.1, -0.05) is 26.0 Å². The van der Waals surface area contributed by atoms with Crippen LogP contribution < -0.4 is 10.6 Å². The molecule has 0 atom stereocenters. The zero-order valence-corrected chi connectivity index (χ0v) is 13.6. The van der Waals surface area contributed by atoms with E-state index in [1.807, 2.05) is 0 Å². The van der Waals surface area contributed by atoms with Crippen LogP contribution >= 0.6 is 0 Å². The predicted octanol–water partition coefficient (Wildman–Crippen LogP) is 3.44. The van der Waals surface area contributed by atoms with Crippen LogP contribution in [0.1, 0.15) is 36.5 Å². The second-order valence-corrected chi connectivity index (χ2v) is 5.76. The first kappa shape index (κ1) is 16.9. The molecule has 0 saturated heterocycles. The quantitative estimate of drug-likeness (QED) is 0.856. The molecular weight excluding hydrogens is 295 g/mol. The zero-order chi connectivity index (χ0) is 16.8. The summed E-state index contributed by atoms with van der Waals surface area (Å²) in [5.41, 5.74) is 1.16. The predicted molar refractivity (Wildman–Crippen MR) is 88.2 cm³/mol. The maximum atomic E-state index is 13.7. The number of rotatable bonds is 6. The van der Waals surface area contributed by atoms with Gasteiger partial charge in [-0.3, -0.25) is 4.79 Å². The minimum Gasteiger partial charge on any atom is -0.351 e. The van der Waals surface area contributed by atoms with Crippen molar-refractivity contribution < 1.29 is 9.18 Å². The maximum absolute atomic E-state index is 13.7. The van der Waals surface area contributed by atoms with Gasteiger partial charge in [0.2, 0.25) is 5.95 Å². The van der Waals surface area contributed by atoms with Crippen LogP contribution in [0, 0.1) is 18.7 Å². The van der Waals surface area contributed by atoms with Crippen molar-refractivity contribution in [2.24, 2.45) is 5.92 Å². The Labute approximate surface area is 135 Å². The highest BCUT2D eigenvalue weighted by Crippen LogP contribution is 2.17. The largest absolute Gasteiger partial charge is 0.351 e. The van der Waals surface area contributed by atoms with Crippen molar-refractivity contribution in [2.75, 3.05) is 11.9 Å². The third-order valence-corrected chi connectivity index (χ3v) is 3.21. The molecule has 1 amide bonds. The highest BCUT2D eigenvalue weighted by molar-refractivity contribution is 5.92. The van der Waals surface area contributed by atoms with Gasteiger partial charge in [0.1, 0.15) is 11.5 Å². The Kier molecular flexibility index (Phi) is 5.62. The van der Waals surface area contributed by atoms with E-state index in [9.17, 15) is 9.18 Å². The van der Waals surface area contributed by atoms with E-state index >= 15 is 0 Å². The summed E-state index contributed by atoms with van der Waals surface area (Å²) in [4.78, 5) is 20.5. The highest BCUT2D eigenvalue weighted by Gasteiger charge is 2.11. The Balaban J connectivity index is 2.12. The first-order valence-electron chi connectivity index (χ1n) is 7.61. The summed E-state index contributed by atoms with van der Waals surface area (Å²) in [5, 5.41) is 5.63. The average Bonchev–Trinajstić information content (AvgIpc) is 2.48. The van der Waals surface area contributed by atoms with Crippen LogP contribution in [-0.4, -0.2) is 22.4 Å². The molecule has 6 heteroatoms. The van der Waals surface area contributed by atoms with Crippen molar-refractivity contribution in [2.45, 2.75) is 27.2 Å². The van der Waals surface area contributed by atoms with Gasteiger partial charge in [-0.05, 0) is 37.5 Å². The minimum absolute atomic E-state index is 0.198. The van der Waals surface area contributed by atoms with E-state index in [0.29, 0.717) is 18.2 Å². The lowest BCUT2D eigenvalue weighted by Gasteiger charge is -2.10. The summed E-state index contributed by atoms with van der Waals surface area (Å²) < 4.78 is 13.7. The molecule has 0 bridgehead atoms. The van der Waals surface area contributed by atoms with Crippen LogP contribution in [0.2, 0.25) is 0 Å². The fraction of sp³-hybridized carbons (Fsp3) is 0.353. The number of aromatic nitrogens is 2. The third kappa shape index (κ3) is 5.02. The van der Waals surface area contributed by atoms with Crippen molar-refractivity contribution in [3.63, 3.8) is 0 Å². The summed E-state index contributed by atoms with van der Waals surface area (Å²) >= 11 is 0. The van der Waals surface area contributed by atoms with E-state index in [-0.39, 0.29) is 23.2 Å². The molecule has 0 unspecified atom stereocenters. The van der Waals surface area contributed by atoms with Gasteiger partial charge in [-0.15, -0.1) is 0 Å².